The molecule has 1 fully saturated rings. The molecule has 6 heteroatoms. The molecule has 0 spiro atoms. The number of hydrogen-bond acceptors (Lipinski definition) is 5. The summed E-state index contributed by atoms with van der Waals surface area (Å²) in [5, 5.41) is 13.5. The van der Waals surface area contributed by atoms with Crippen molar-refractivity contribution in [3.63, 3.8) is 0 Å². The number of nitrogens with zero attached hydrogens (tertiary/aromatic N) is 2. The van der Waals surface area contributed by atoms with E-state index in [0.717, 1.165) is 31.2 Å². The van der Waals surface area contributed by atoms with E-state index in [1.54, 1.807) is 11.1 Å². The number of rotatable bonds is 9. The fourth-order valence-corrected chi connectivity index (χ4v) is 3.66. The van der Waals surface area contributed by atoms with E-state index in [0.29, 0.717) is 31.7 Å². The Morgan fingerprint density at radius 1 is 1.17 bits per heavy atom. The van der Waals surface area contributed by atoms with E-state index in [9.17, 15) is 9.90 Å². The minimum atomic E-state index is -0.689. The van der Waals surface area contributed by atoms with Gasteiger partial charge in [0.2, 0.25) is 0 Å². The van der Waals surface area contributed by atoms with Crippen LogP contribution in [0.15, 0.2) is 59.8 Å². The number of hydrogen-bond donors (Lipinski definition) is 2. The van der Waals surface area contributed by atoms with Crippen molar-refractivity contribution < 1.29 is 14.7 Å². The van der Waals surface area contributed by atoms with Gasteiger partial charge < -0.3 is 20.6 Å². The highest BCUT2D eigenvalue weighted by molar-refractivity contribution is 5.94. The van der Waals surface area contributed by atoms with E-state index in [1.807, 2.05) is 42.5 Å². The third kappa shape index (κ3) is 6.40. The fourth-order valence-electron chi connectivity index (χ4n) is 3.66. The number of amides is 1. The lowest BCUT2D eigenvalue weighted by Gasteiger charge is -2.39. The first-order chi connectivity index (χ1) is 14.6. The molecular weight excluding hydrogens is 378 g/mol. The summed E-state index contributed by atoms with van der Waals surface area (Å²) in [4.78, 5) is 19.8. The molecule has 3 rings (SSSR count). The SMILES string of the molecule is N[C@@]1(CO)CCCN(C(=O)c2ccc(CC=NOCCCc3ccccc3)cc2)C1. The molecule has 1 heterocycles. The van der Waals surface area contributed by atoms with Crippen LogP contribution in [0.4, 0.5) is 0 Å². The molecule has 0 aliphatic carbocycles. The van der Waals surface area contributed by atoms with E-state index in [-0.39, 0.29) is 12.5 Å². The second-order valence-corrected chi connectivity index (χ2v) is 7.96. The lowest BCUT2D eigenvalue weighted by molar-refractivity contribution is 0.0559. The number of benzene rings is 2. The number of likely N-dealkylation sites (tertiary alicyclic amines) is 1. The Bertz CT molecular complexity index is 823. The minimum Gasteiger partial charge on any atom is -0.396 e. The van der Waals surface area contributed by atoms with Crippen LogP contribution in [-0.2, 0) is 17.7 Å². The average Bonchev–Trinajstić information content (AvgIpc) is 2.79. The molecule has 0 bridgehead atoms. The Hall–Kier alpha value is -2.70. The maximum Gasteiger partial charge on any atom is 0.253 e. The Morgan fingerprint density at radius 3 is 2.67 bits per heavy atom. The van der Waals surface area contributed by atoms with Crippen LogP contribution in [0.5, 0.6) is 0 Å². The van der Waals surface area contributed by atoms with Crippen LogP contribution in [0, 0.1) is 0 Å². The van der Waals surface area contributed by atoms with E-state index in [1.165, 1.54) is 5.56 Å². The molecule has 1 amide bonds. The molecule has 1 atom stereocenters. The fraction of sp³-hybridized carbons (Fsp3) is 0.417. The van der Waals surface area contributed by atoms with Crippen LogP contribution in [0.1, 0.15) is 40.7 Å². The van der Waals surface area contributed by atoms with Crippen molar-refractivity contribution in [2.75, 3.05) is 26.3 Å². The van der Waals surface area contributed by atoms with Gasteiger partial charge in [-0.15, -0.1) is 0 Å². The van der Waals surface area contributed by atoms with Crippen molar-refractivity contribution in [2.45, 2.75) is 37.6 Å². The summed E-state index contributed by atoms with van der Waals surface area (Å²) in [5.41, 5.74) is 8.46. The van der Waals surface area contributed by atoms with E-state index >= 15 is 0 Å². The summed E-state index contributed by atoms with van der Waals surface area (Å²) in [6.07, 6.45) is 5.84. The molecule has 6 nitrogen and oxygen atoms in total. The highest BCUT2D eigenvalue weighted by Crippen LogP contribution is 2.20. The largest absolute Gasteiger partial charge is 0.396 e. The number of aryl methyl sites for hydroxylation is 1. The monoisotopic (exact) mass is 409 g/mol. The summed E-state index contributed by atoms with van der Waals surface area (Å²) in [6.45, 7) is 1.54. The van der Waals surface area contributed by atoms with Gasteiger partial charge in [0.25, 0.3) is 5.91 Å². The van der Waals surface area contributed by atoms with Crippen LogP contribution in [0.2, 0.25) is 0 Å². The predicted octanol–water partition coefficient (Wildman–Crippen LogP) is 2.79. The molecule has 0 radical (unpaired) electrons. The van der Waals surface area contributed by atoms with Crippen molar-refractivity contribution >= 4 is 12.1 Å². The highest BCUT2D eigenvalue weighted by atomic mass is 16.6. The molecule has 0 unspecified atom stereocenters. The lowest BCUT2D eigenvalue weighted by atomic mass is 9.90. The third-order valence-electron chi connectivity index (χ3n) is 5.43. The molecule has 2 aromatic rings. The Labute approximate surface area is 178 Å². The van der Waals surface area contributed by atoms with E-state index < -0.39 is 5.54 Å². The number of carbonyl (C=O) groups excluding carboxylic acids is 1. The van der Waals surface area contributed by atoms with E-state index in [4.69, 9.17) is 10.6 Å². The van der Waals surface area contributed by atoms with Crippen molar-refractivity contribution in [1.29, 1.82) is 0 Å². The number of carbonyl (C=O) groups is 1. The standard InChI is InChI=1S/C24H31N3O3/c25-24(19-28)14-5-16-27(18-24)23(29)22-11-9-21(10-12-22)13-15-26-30-17-4-8-20-6-2-1-3-7-20/h1-3,6-7,9-12,15,28H,4-5,8,13-14,16-19,25H2/t24-/m0/s1. The van der Waals surface area contributed by atoms with Crippen LogP contribution in [0.25, 0.3) is 0 Å². The molecule has 2 aromatic carbocycles. The van der Waals surface area contributed by atoms with Crippen molar-refractivity contribution in [3.8, 4) is 0 Å². The molecule has 1 saturated heterocycles. The zero-order valence-electron chi connectivity index (χ0n) is 17.4. The maximum atomic E-state index is 12.7. The van der Waals surface area contributed by atoms with Gasteiger partial charge in [0, 0.05) is 31.3 Å². The zero-order valence-corrected chi connectivity index (χ0v) is 17.4. The van der Waals surface area contributed by atoms with Gasteiger partial charge in [0.1, 0.15) is 6.61 Å². The molecule has 1 aliphatic heterocycles. The second-order valence-electron chi connectivity index (χ2n) is 7.96. The number of aliphatic hydroxyl groups is 1. The maximum absolute atomic E-state index is 12.7. The second kappa shape index (κ2) is 10.9. The Balaban J connectivity index is 1.40. The van der Waals surface area contributed by atoms with Crippen LogP contribution < -0.4 is 5.73 Å². The Morgan fingerprint density at radius 2 is 1.93 bits per heavy atom. The molecule has 0 aromatic heterocycles. The van der Waals surface area contributed by atoms with E-state index in [2.05, 4.69) is 17.3 Å². The summed E-state index contributed by atoms with van der Waals surface area (Å²) < 4.78 is 0. The van der Waals surface area contributed by atoms with Gasteiger partial charge in [-0.1, -0.05) is 47.6 Å². The van der Waals surface area contributed by atoms with Gasteiger partial charge >= 0.3 is 0 Å². The molecule has 30 heavy (non-hydrogen) atoms. The summed E-state index contributed by atoms with van der Waals surface area (Å²) in [5.74, 6) is -0.0417. The van der Waals surface area contributed by atoms with Crippen LogP contribution in [-0.4, -0.2) is 54.0 Å². The van der Waals surface area contributed by atoms with Crippen LogP contribution in [0.3, 0.4) is 0 Å². The molecule has 3 N–H and O–H groups in total. The molecule has 0 saturated carbocycles. The quantitative estimate of drug-likeness (QED) is 0.379. The topological polar surface area (TPSA) is 88.2 Å². The van der Waals surface area contributed by atoms with Gasteiger partial charge in [0.15, 0.2) is 0 Å². The lowest BCUT2D eigenvalue weighted by Crippen LogP contribution is -2.57. The average molecular weight is 410 g/mol. The van der Waals surface area contributed by atoms with Gasteiger partial charge in [-0.05, 0) is 48.9 Å². The van der Waals surface area contributed by atoms with Gasteiger partial charge in [-0.2, -0.15) is 0 Å². The number of nitrogens with two attached hydrogens (primary N) is 1. The molecule has 160 valence electrons. The smallest absolute Gasteiger partial charge is 0.253 e. The zero-order chi connectivity index (χ0) is 21.2. The van der Waals surface area contributed by atoms with Crippen molar-refractivity contribution in [1.82, 2.24) is 4.90 Å². The predicted molar refractivity (Wildman–Crippen MR) is 118 cm³/mol. The van der Waals surface area contributed by atoms with Gasteiger partial charge in [0.05, 0.1) is 12.1 Å². The molecular formula is C24H31N3O3. The number of oxime groups is 1. The molecule has 1 aliphatic rings. The van der Waals surface area contributed by atoms with Crippen LogP contribution >= 0.6 is 0 Å². The van der Waals surface area contributed by atoms with Gasteiger partial charge in [-0.25, -0.2) is 0 Å². The third-order valence-corrected chi connectivity index (χ3v) is 5.43. The first-order valence-electron chi connectivity index (χ1n) is 10.6. The number of aliphatic hydroxyl groups excluding tert-OH is 1. The summed E-state index contributed by atoms with van der Waals surface area (Å²) in [7, 11) is 0. The first kappa shape index (κ1) is 22.0. The number of piperidine rings is 1. The summed E-state index contributed by atoms with van der Waals surface area (Å²) in [6, 6.07) is 17.9. The Kier molecular flexibility index (Phi) is 7.99. The first-order valence-corrected chi connectivity index (χ1v) is 10.6. The minimum absolute atomic E-state index is 0.0417. The van der Waals surface area contributed by atoms with Gasteiger partial charge in [-0.3, -0.25) is 4.79 Å². The summed E-state index contributed by atoms with van der Waals surface area (Å²) >= 11 is 0. The van der Waals surface area contributed by atoms with Crippen molar-refractivity contribution in [2.24, 2.45) is 10.9 Å². The highest BCUT2D eigenvalue weighted by Gasteiger charge is 2.33. The van der Waals surface area contributed by atoms with Crippen molar-refractivity contribution in [3.05, 3.63) is 71.3 Å². The normalized spacial score (nSPS) is 19.2.